The highest BCUT2D eigenvalue weighted by Gasteiger charge is 2.24. The normalized spacial score (nSPS) is 15.3. The lowest BCUT2D eigenvalue weighted by Crippen LogP contribution is -2.47. The third kappa shape index (κ3) is 4.21. The topological polar surface area (TPSA) is 48.1 Å². The Morgan fingerprint density at radius 1 is 1.28 bits per heavy atom. The van der Waals surface area contributed by atoms with E-state index in [1.165, 1.54) is 24.8 Å². The van der Waals surface area contributed by atoms with E-state index in [1.807, 2.05) is 18.2 Å². The van der Waals surface area contributed by atoms with Crippen LogP contribution in [0.25, 0.3) is 10.9 Å². The van der Waals surface area contributed by atoms with E-state index in [-0.39, 0.29) is 5.56 Å². The van der Waals surface area contributed by atoms with E-state index in [9.17, 15) is 4.79 Å². The van der Waals surface area contributed by atoms with E-state index >= 15 is 0 Å². The Morgan fingerprint density at radius 2 is 2.04 bits per heavy atom. The number of rotatable bonds is 4. The molecule has 1 aromatic carbocycles. The van der Waals surface area contributed by atoms with E-state index in [4.69, 9.17) is 12.2 Å². The first-order chi connectivity index (χ1) is 12.1. The molecule has 134 valence electrons. The van der Waals surface area contributed by atoms with Crippen LogP contribution < -0.4 is 10.9 Å². The molecule has 1 aliphatic carbocycles. The van der Waals surface area contributed by atoms with Crippen molar-refractivity contribution in [3.05, 3.63) is 45.7 Å². The van der Waals surface area contributed by atoms with Gasteiger partial charge in [0.25, 0.3) is 5.56 Å². The van der Waals surface area contributed by atoms with Gasteiger partial charge in [-0.25, -0.2) is 0 Å². The summed E-state index contributed by atoms with van der Waals surface area (Å²) in [6.45, 7) is 5.49. The fraction of sp³-hybridized carbons (Fsp3) is 0.500. The molecule has 1 saturated carbocycles. The fourth-order valence-corrected chi connectivity index (χ4v) is 4.04. The van der Waals surface area contributed by atoms with Crippen molar-refractivity contribution < 1.29 is 0 Å². The Hall–Kier alpha value is -1.88. The molecule has 0 spiro atoms. The van der Waals surface area contributed by atoms with Crippen molar-refractivity contribution in [2.24, 2.45) is 0 Å². The summed E-state index contributed by atoms with van der Waals surface area (Å²) in [5, 5.41) is 5.11. The van der Waals surface area contributed by atoms with Gasteiger partial charge in [0.1, 0.15) is 0 Å². The smallest absolute Gasteiger partial charge is 0.253 e. The van der Waals surface area contributed by atoms with E-state index in [2.05, 4.69) is 35.1 Å². The fourth-order valence-electron chi connectivity index (χ4n) is 3.68. The molecule has 0 bridgehead atoms. The van der Waals surface area contributed by atoms with E-state index < -0.39 is 0 Å². The van der Waals surface area contributed by atoms with Crippen molar-refractivity contribution in [2.75, 3.05) is 6.54 Å². The highest BCUT2D eigenvalue weighted by Crippen LogP contribution is 2.24. The first-order valence-corrected chi connectivity index (χ1v) is 9.66. The van der Waals surface area contributed by atoms with E-state index in [0.717, 1.165) is 41.0 Å². The second-order valence-electron chi connectivity index (χ2n) is 6.97. The van der Waals surface area contributed by atoms with Gasteiger partial charge in [-0.2, -0.15) is 0 Å². The molecule has 2 N–H and O–H groups in total. The van der Waals surface area contributed by atoms with Crippen LogP contribution in [0.1, 0.15) is 50.2 Å². The standard InChI is InChI=1S/C20H27N3OS/c1-3-21-20(25)23(17-7-5-4-6-8-17)13-16-12-15-11-14(2)9-10-18(15)22-19(16)24/h9-12,17H,3-8,13H2,1-2H3,(H,21,25)(H,22,24). The highest BCUT2D eigenvalue weighted by molar-refractivity contribution is 7.80. The predicted molar refractivity (Wildman–Crippen MR) is 108 cm³/mol. The first kappa shape index (κ1) is 17.9. The van der Waals surface area contributed by atoms with Gasteiger partial charge >= 0.3 is 0 Å². The number of fused-ring (bicyclic) bond motifs is 1. The predicted octanol–water partition coefficient (Wildman–Crippen LogP) is 3.87. The van der Waals surface area contributed by atoms with Gasteiger partial charge in [0.15, 0.2) is 5.11 Å². The molecule has 0 amide bonds. The quantitative estimate of drug-likeness (QED) is 0.816. The molecular weight excluding hydrogens is 330 g/mol. The lowest BCUT2D eigenvalue weighted by molar-refractivity contribution is 0.235. The van der Waals surface area contributed by atoms with Crippen LogP contribution in [-0.4, -0.2) is 27.6 Å². The van der Waals surface area contributed by atoms with Crippen molar-refractivity contribution in [3.63, 3.8) is 0 Å². The van der Waals surface area contributed by atoms with E-state index in [0.29, 0.717) is 12.6 Å². The van der Waals surface area contributed by atoms with Crippen LogP contribution in [0.5, 0.6) is 0 Å². The number of nitrogens with one attached hydrogen (secondary N) is 2. The number of benzene rings is 1. The number of hydrogen-bond acceptors (Lipinski definition) is 2. The van der Waals surface area contributed by atoms with Gasteiger partial charge < -0.3 is 15.2 Å². The molecule has 4 nitrogen and oxygen atoms in total. The Morgan fingerprint density at radius 3 is 2.76 bits per heavy atom. The summed E-state index contributed by atoms with van der Waals surface area (Å²) in [6.07, 6.45) is 6.08. The summed E-state index contributed by atoms with van der Waals surface area (Å²) in [5.74, 6) is 0. The monoisotopic (exact) mass is 357 g/mol. The van der Waals surface area contributed by atoms with Gasteiger partial charge in [0, 0.05) is 23.7 Å². The maximum atomic E-state index is 12.6. The number of aryl methyl sites for hydroxylation is 1. The molecule has 1 aromatic heterocycles. The lowest BCUT2D eigenvalue weighted by Gasteiger charge is -2.36. The molecule has 2 aromatic rings. The zero-order chi connectivity index (χ0) is 17.8. The van der Waals surface area contributed by atoms with Crippen LogP contribution in [0.3, 0.4) is 0 Å². The molecule has 5 heteroatoms. The van der Waals surface area contributed by atoms with Gasteiger partial charge in [-0.3, -0.25) is 4.79 Å². The van der Waals surface area contributed by atoms with Gasteiger partial charge in [0.05, 0.1) is 6.54 Å². The van der Waals surface area contributed by atoms with Crippen molar-refractivity contribution in [1.82, 2.24) is 15.2 Å². The second-order valence-corrected chi connectivity index (χ2v) is 7.36. The number of aromatic amines is 1. The van der Waals surface area contributed by atoms with Crippen LogP contribution in [0.2, 0.25) is 0 Å². The van der Waals surface area contributed by atoms with Crippen molar-refractivity contribution >= 4 is 28.2 Å². The molecule has 0 saturated heterocycles. The third-order valence-corrected chi connectivity index (χ3v) is 5.40. The van der Waals surface area contributed by atoms with Crippen molar-refractivity contribution in [1.29, 1.82) is 0 Å². The minimum atomic E-state index is -0.0172. The summed E-state index contributed by atoms with van der Waals surface area (Å²) in [6, 6.07) is 8.55. The summed E-state index contributed by atoms with van der Waals surface area (Å²) in [7, 11) is 0. The zero-order valence-electron chi connectivity index (χ0n) is 15.1. The van der Waals surface area contributed by atoms with Gasteiger partial charge in [-0.05, 0) is 62.5 Å². The molecule has 0 aliphatic heterocycles. The van der Waals surface area contributed by atoms with Crippen LogP contribution in [0.15, 0.2) is 29.1 Å². The largest absolute Gasteiger partial charge is 0.363 e. The Labute approximate surface area is 154 Å². The molecule has 0 radical (unpaired) electrons. The van der Waals surface area contributed by atoms with Crippen LogP contribution in [0, 0.1) is 6.92 Å². The Kier molecular flexibility index (Phi) is 5.74. The molecular formula is C20H27N3OS. The summed E-state index contributed by atoms with van der Waals surface area (Å²) in [5.41, 5.74) is 2.84. The molecule has 3 rings (SSSR count). The zero-order valence-corrected chi connectivity index (χ0v) is 15.9. The van der Waals surface area contributed by atoms with Crippen LogP contribution in [0.4, 0.5) is 0 Å². The molecule has 1 fully saturated rings. The van der Waals surface area contributed by atoms with Gasteiger partial charge in [-0.15, -0.1) is 0 Å². The number of H-pyrrole nitrogens is 1. The molecule has 0 atom stereocenters. The molecule has 25 heavy (non-hydrogen) atoms. The van der Waals surface area contributed by atoms with Gasteiger partial charge in [-0.1, -0.05) is 30.9 Å². The summed E-state index contributed by atoms with van der Waals surface area (Å²) >= 11 is 5.62. The summed E-state index contributed by atoms with van der Waals surface area (Å²) < 4.78 is 0. The second kappa shape index (κ2) is 8.00. The SMILES string of the molecule is CCNC(=S)N(Cc1cc2cc(C)ccc2[nH]c1=O)C1CCCCC1. The first-order valence-electron chi connectivity index (χ1n) is 9.25. The average molecular weight is 358 g/mol. The van der Waals surface area contributed by atoms with Crippen LogP contribution in [-0.2, 0) is 6.54 Å². The Balaban J connectivity index is 1.92. The number of thiocarbonyl (C=S) groups is 1. The number of nitrogens with zero attached hydrogens (tertiary/aromatic N) is 1. The van der Waals surface area contributed by atoms with Crippen molar-refractivity contribution in [3.8, 4) is 0 Å². The van der Waals surface area contributed by atoms with Crippen molar-refractivity contribution in [2.45, 2.75) is 58.5 Å². The highest BCUT2D eigenvalue weighted by atomic mass is 32.1. The maximum absolute atomic E-state index is 12.6. The van der Waals surface area contributed by atoms with Crippen LogP contribution >= 0.6 is 12.2 Å². The van der Waals surface area contributed by atoms with E-state index in [1.54, 1.807) is 0 Å². The maximum Gasteiger partial charge on any atom is 0.253 e. The Bertz CT molecular complexity index is 808. The minimum Gasteiger partial charge on any atom is -0.363 e. The third-order valence-electron chi connectivity index (χ3n) is 5.02. The molecule has 1 aliphatic rings. The molecule has 0 unspecified atom stereocenters. The molecule has 1 heterocycles. The number of hydrogen-bond donors (Lipinski definition) is 2. The average Bonchev–Trinajstić information content (AvgIpc) is 2.61. The minimum absolute atomic E-state index is 0.0172. The summed E-state index contributed by atoms with van der Waals surface area (Å²) in [4.78, 5) is 17.8. The lowest BCUT2D eigenvalue weighted by atomic mass is 9.94. The van der Waals surface area contributed by atoms with Gasteiger partial charge in [0.2, 0.25) is 0 Å². The number of aromatic nitrogens is 1. The number of pyridine rings is 1.